The first-order valence-corrected chi connectivity index (χ1v) is 6.17. The maximum Gasteiger partial charge on any atom is 0.242 e. The first kappa shape index (κ1) is 12.0. The Morgan fingerprint density at radius 2 is 2.06 bits per heavy atom. The molecule has 1 aromatic rings. The van der Waals surface area contributed by atoms with Crippen molar-refractivity contribution in [2.45, 2.75) is 24.3 Å². The number of halogens is 3. The first-order chi connectivity index (χ1) is 7.59. The molecule has 0 spiro atoms. The summed E-state index contributed by atoms with van der Waals surface area (Å²) in [6, 6.07) is 5.38. The van der Waals surface area contributed by atoms with Crippen LogP contribution in [0.15, 0.2) is 18.2 Å². The molecule has 1 unspecified atom stereocenters. The van der Waals surface area contributed by atoms with Crippen LogP contribution in [0.3, 0.4) is 0 Å². The van der Waals surface area contributed by atoms with Crippen molar-refractivity contribution in [3.05, 3.63) is 33.8 Å². The molecule has 1 fully saturated rings. The number of hydrogen-bond acceptors (Lipinski definition) is 1. The number of nitrogens with one attached hydrogen (secondary N) is 1. The van der Waals surface area contributed by atoms with Crippen molar-refractivity contribution in [1.29, 1.82) is 0 Å². The predicted molar refractivity (Wildman–Crippen MR) is 66.2 cm³/mol. The molecule has 0 aromatic heterocycles. The smallest absolute Gasteiger partial charge is 0.242 e. The third-order valence-electron chi connectivity index (χ3n) is 2.41. The van der Waals surface area contributed by atoms with Crippen molar-refractivity contribution in [2.75, 3.05) is 0 Å². The maximum absolute atomic E-state index is 11.7. The molecule has 2 nitrogen and oxygen atoms in total. The standard InChI is InChI=1S/C11H10Cl3NO/c12-8-3-1-2-7(9(8)13)10(14)11(16)15-6-4-5-6/h1-3,6,10H,4-5H2,(H,15,16). The van der Waals surface area contributed by atoms with E-state index in [-0.39, 0.29) is 11.9 Å². The van der Waals surface area contributed by atoms with Crippen LogP contribution in [0.25, 0.3) is 0 Å². The molecule has 5 heteroatoms. The second-order valence-electron chi connectivity index (χ2n) is 3.79. The second kappa shape index (κ2) is 4.82. The van der Waals surface area contributed by atoms with E-state index in [2.05, 4.69) is 5.32 Å². The van der Waals surface area contributed by atoms with Gasteiger partial charge in [0.2, 0.25) is 5.91 Å². The summed E-state index contributed by atoms with van der Waals surface area (Å²) < 4.78 is 0. The Balaban J connectivity index is 2.15. The van der Waals surface area contributed by atoms with E-state index in [0.717, 1.165) is 12.8 Å². The van der Waals surface area contributed by atoms with Crippen LogP contribution >= 0.6 is 34.8 Å². The zero-order chi connectivity index (χ0) is 11.7. The lowest BCUT2D eigenvalue weighted by Gasteiger charge is -2.12. The van der Waals surface area contributed by atoms with Gasteiger partial charge in [-0.3, -0.25) is 4.79 Å². The van der Waals surface area contributed by atoms with Gasteiger partial charge in [-0.2, -0.15) is 0 Å². The van der Waals surface area contributed by atoms with E-state index in [9.17, 15) is 4.79 Å². The molecule has 0 aliphatic heterocycles. The van der Waals surface area contributed by atoms with Gasteiger partial charge in [-0.1, -0.05) is 35.3 Å². The lowest BCUT2D eigenvalue weighted by Crippen LogP contribution is -2.28. The van der Waals surface area contributed by atoms with Gasteiger partial charge in [0.25, 0.3) is 0 Å². The van der Waals surface area contributed by atoms with Gasteiger partial charge < -0.3 is 5.32 Å². The number of alkyl halides is 1. The zero-order valence-electron chi connectivity index (χ0n) is 8.34. The van der Waals surface area contributed by atoms with Gasteiger partial charge in [0.05, 0.1) is 10.0 Å². The number of amides is 1. The van der Waals surface area contributed by atoms with Gasteiger partial charge in [-0.05, 0) is 24.5 Å². The highest BCUT2D eigenvalue weighted by Gasteiger charge is 2.28. The van der Waals surface area contributed by atoms with Gasteiger partial charge in [0.15, 0.2) is 0 Å². The fourth-order valence-corrected chi connectivity index (χ4v) is 2.08. The third-order valence-corrected chi connectivity index (χ3v) is 3.68. The van der Waals surface area contributed by atoms with E-state index in [1.807, 2.05) is 0 Å². The lowest BCUT2D eigenvalue weighted by atomic mass is 10.1. The van der Waals surface area contributed by atoms with Crippen molar-refractivity contribution < 1.29 is 4.79 Å². The summed E-state index contributed by atoms with van der Waals surface area (Å²) in [5.74, 6) is -0.215. The Bertz CT molecular complexity index is 418. The van der Waals surface area contributed by atoms with Crippen molar-refractivity contribution >= 4 is 40.7 Å². The first-order valence-electron chi connectivity index (χ1n) is 4.98. The van der Waals surface area contributed by atoms with Gasteiger partial charge >= 0.3 is 0 Å². The van der Waals surface area contributed by atoms with E-state index < -0.39 is 5.38 Å². The zero-order valence-corrected chi connectivity index (χ0v) is 10.6. The van der Waals surface area contributed by atoms with E-state index in [1.165, 1.54) is 0 Å². The minimum Gasteiger partial charge on any atom is -0.352 e. The summed E-state index contributed by atoms with van der Waals surface area (Å²) in [5.41, 5.74) is 0.550. The highest BCUT2D eigenvalue weighted by atomic mass is 35.5. The van der Waals surface area contributed by atoms with Crippen molar-refractivity contribution in [3.8, 4) is 0 Å². The summed E-state index contributed by atoms with van der Waals surface area (Å²) in [5, 5.41) is 2.79. The molecule has 0 radical (unpaired) electrons. The van der Waals surface area contributed by atoms with Crippen LogP contribution in [0.2, 0.25) is 10.0 Å². The van der Waals surface area contributed by atoms with E-state index in [1.54, 1.807) is 18.2 Å². The van der Waals surface area contributed by atoms with Crippen LogP contribution in [0.5, 0.6) is 0 Å². The van der Waals surface area contributed by atoms with Gasteiger partial charge in [-0.15, -0.1) is 11.6 Å². The van der Waals surface area contributed by atoms with Gasteiger partial charge in [0.1, 0.15) is 5.38 Å². The molecule has 1 amide bonds. The molecule has 1 N–H and O–H groups in total. The lowest BCUT2D eigenvalue weighted by molar-refractivity contribution is -0.121. The summed E-state index contributed by atoms with van der Waals surface area (Å²) in [7, 11) is 0. The molecule has 0 bridgehead atoms. The topological polar surface area (TPSA) is 29.1 Å². The molecular formula is C11H10Cl3NO. The predicted octanol–water partition coefficient (Wildman–Crippen LogP) is 3.55. The molecule has 1 aliphatic carbocycles. The Morgan fingerprint density at radius 1 is 1.38 bits per heavy atom. The Morgan fingerprint density at radius 3 is 2.69 bits per heavy atom. The molecule has 86 valence electrons. The fraction of sp³-hybridized carbons (Fsp3) is 0.364. The normalized spacial score (nSPS) is 16.9. The number of carbonyl (C=O) groups excluding carboxylic acids is 1. The van der Waals surface area contributed by atoms with Gasteiger partial charge in [-0.25, -0.2) is 0 Å². The number of rotatable bonds is 3. The van der Waals surface area contributed by atoms with Gasteiger partial charge in [0, 0.05) is 6.04 Å². The van der Waals surface area contributed by atoms with Crippen molar-refractivity contribution in [2.24, 2.45) is 0 Å². The van der Waals surface area contributed by atoms with E-state index in [4.69, 9.17) is 34.8 Å². The van der Waals surface area contributed by atoms with Crippen LogP contribution in [-0.2, 0) is 4.79 Å². The average Bonchev–Trinajstić information content (AvgIpc) is 3.05. The molecule has 1 saturated carbocycles. The Kier molecular flexibility index (Phi) is 3.63. The third kappa shape index (κ3) is 2.62. The summed E-state index contributed by atoms with van der Waals surface area (Å²) in [6.07, 6.45) is 2.05. The largest absolute Gasteiger partial charge is 0.352 e. The minimum absolute atomic E-state index is 0.215. The molecular weight excluding hydrogens is 268 g/mol. The van der Waals surface area contributed by atoms with Crippen LogP contribution in [0, 0.1) is 0 Å². The van der Waals surface area contributed by atoms with Crippen LogP contribution in [-0.4, -0.2) is 11.9 Å². The second-order valence-corrected chi connectivity index (χ2v) is 5.01. The fourth-order valence-electron chi connectivity index (χ4n) is 1.36. The van der Waals surface area contributed by atoms with Crippen molar-refractivity contribution in [3.63, 3.8) is 0 Å². The van der Waals surface area contributed by atoms with E-state index in [0.29, 0.717) is 15.6 Å². The minimum atomic E-state index is -0.785. The molecule has 0 saturated heterocycles. The number of hydrogen-bond donors (Lipinski definition) is 1. The molecule has 16 heavy (non-hydrogen) atoms. The maximum atomic E-state index is 11.7. The SMILES string of the molecule is O=C(NC1CC1)C(Cl)c1cccc(Cl)c1Cl. The number of carbonyl (C=O) groups is 1. The van der Waals surface area contributed by atoms with E-state index >= 15 is 0 Å². The highest BCUT2D eigenvalue weighted by Crippen LogP contribution is 2.33. The van der Waals surface area contributed by atoms with Crippen molar-refractivity contribution in [1.82, 2.24) is 5.32 Å². The Labute approximate surface area is 109 Å². The summed E-state index contributed by atoms with van der Waals surface area (Å²) in [4.78, 5) is 11.7. The number of benzene rings is 1. The molecule has 1 aliphatic rings. The van der Waals surface area contributed by atoms with Crippen LogP contribution in [0.1, 0.15) is 23.8 Å². The quantitative estimate of drug-likeness (QED) is 0.842. The molecule has 2 rings (SSSR count). The summed E-state index contributed by atoms with van der Waals surface area (Å²) in [6.45, 7) is 0. The molecule has 1 aromatic carbocycles. The van der Waals surface area contributed by atoms with Crippen LogP contribution in [0.4, 0.5) is 0 Å². The average molecular weight is 279 g/mol. The monoisotopic (exact) mass is 277 g/mol. The Hall–Kier alpha value is -0.440. The summed E-state index contributed by atoms with van der Waals surface area (Å²) >= 11 is 17.9. The molecule has 0 heterocycles. The highest BCUT2D eigenvalue weighted by molar-refractivity contribution is 6.43. The molecule has 1 atom stereocenters. The van der Waals surface area contributed by atoms with Crippen LogP contribution < -0.4 is 5.32 Å².